The summed E-state index contributed by atoms with van der Waals surface area (Å²) in [6.45, 7) is 2.93. The molecule has 144 valence electrons. The van der Waals surface area contributed by atoms with E-state index in [1.165, 1.54) is 24.5 Å². The monoisotopic (exact) mass is 394 g/mol. The molecule has 0 aliphatic heterocycles. The molecule has 27 heavy (non-hydrogen) atoms. The molecular formula is C16H18N4O6S. The molecule has 2 N–H and O–H groups in total. The first kappa shape index (κ1) is 18.9. The summed E-state index contributed by atoms with van der Waals surface area (Å²) in [5.41, 5.74) is 1.64. The number of benzene rings is 1. The molecule has 1 aromatic carbocycles. The van der Waals surface area contributed by atoms with Crippen LogP contribution in [0.2, 0.25) is 0 Å². The van der Waals surface area contributed by atoms with Gasteiger partial charge in [0.2, 0.25) is 15.9 Å². The van der Waals surface area contributed by atoms with E-state index in [1.807, 2.05) is 0 Å². The zero-order chi connectivity index (χ0) is 19.8. The minimum atomic E-state index is -3.82. The lowest BCUT2D eigenvalue weighted by Gasteiger charge is -2.07. The number of nitrogens with zero attached hydrogens (tertiary/aromatic N) is 2. The summed E-state index contributed by atoms with van der Waals surface area (Å²) in [5, 5.41) is 6.24. The van der Waals surface area contributed by atoms with E-state index in [9.17, 15) is 18.0 Å². The van der Waals surface area contributed by atoms with Crippen molar-refractivity contribution in [1.82, 2.24) is 14.4 Å². The lowest BCUT2D eigenvalue weighted by Crippen LogP contribution is -2.28. The second-order valence-corrected chi connectivity index (χ2v) is 7.66. The summed E-state index contributed by atoms with van der Waals surface area (Å²) < 4.78 is 38.1. The highest BCUT2D eigenvalue weighted by molar-refractivity contribution is 7.89. The Labute approximate surface area is 154 Å². The highest BCUT2D eigenvalue weighted by Gasteiger charge is 2.23. The van der Waals surface area contributed by atoms with E-state index in [-0.39, 0.29) is 29.3 Å². The molecule has 0 atom stereocenters. The zero-order valence-electron chi connectivity index (χ0n) is 14.9. The number of rotatable bonds is 6. The number of aryl methyl sites for hydroxylation is 3. The smallest absolute Gasteiger partial charge is 0.408 e. The first-order valence-electron chi connectivity index (χ1n) is 8.01. The van der Waals surface area contributed by atoms with Crippen molar-refractivity contribution in [1.29, 1.82) is 0 Å². The molecule has 0 fully saturated rings. The van der Waals surface area contributed by atoms with Crippen LogP contribution in [0.5, 0.6) is 0 Å². The molecule has 11 heteroatoms. The van der Waals surface area contributed by atoms with Gasteiger partial charge in [-0.2, -0.15) is 0 Å². The Morgan fingerprint density at radius 2 is 2.04 bits per heavy atom. The fraction of sp³-hybridized carbons (Fsp3) is 0.312. The minimum absolute atomic E-state index is 0.0209. The number of hydrogen-bond acceptors (Lipinski definition) is 7. The van der Waals surface area contributed by atoms with Gasteiger partial charge in [-0.3, -0.25) is 9.36 Å². The number of aromatic nitrogens is 2. The number of carbonyl (C=O) groups excluding carboxylic acids is 1. The van der Waals surface area contributed by atoms with Crippen molar-refractivity contribution in [3.63, 3.8) is 0 Å². The topological polar surface area (TPSA) is 136 Å². The van der Waals surface area contributed by atoms with Crippen LogP contribution in [0.1, 0.15) is 17.9 Å². The van der Waals surface area contributed by atoms with Crippen LogP contribution in [0.15, 0.2) is 36.8 Å². The van der Waals surface area contributed by atoms with E-state index >= 15 is 0 Å². The van der Waals surface area contributed by atoms with Crippen LogP contribution >= 0.6 is 0 Å². The third-order valence-corrected chi connectivity index (χ3v) is 5.66. The standard InChI is InChI=1S/C16H18N4O6S/c1-9-15(10(2)26-19-9)27(23,24)17-7-6-14(21)18-11-4-5-12-13(8-11)25-16(22)20(12)3/h4-5,8,17H,6-7H2,1-3H3,(H,18,21). The van der Waals surface area contributed by atoms with Crippen LogP contribution in [0.3, 0.4) is 0 Å². The van der Waals surface area contributed by atoms with Gasteiger partial charge in [0.05, 0.1) is 5.52 Å². The molecule has 0 saturated carbocycles. The Hall–Kier alpha value is -2.92. The quantitative estimate of drug-likeness (QED) is 0.637. The lowest BCUT2D eigenvalue weighted by atomic mass is 10.2. The van der Waals surface area contributed by atoms with Gasteiger partial charge in [-0.15, -0.1) is 0 Å². The number of hydrogen-bond donors (Lipinski definition) is 2. The van der Waals surface area contributed by atoms with Gasteiger partial charge in [0.1, 0.15) is 10.6 Å². The van der Waals surface area contributed by atoms with Crippen molar-refractivity contribution in [2.24, 2.45) is 7.05 Å². The molecule has 3 rings (SSSR count). The maximum absolute atomic E-state index is 12.3. The lowest BCUT2D eigenvalue weighted by molar-refractivity contribution is -0.116. The Balaban J connectivity index is 1.61. The molecule has 0 saturated heterocycles. The fourth-order valence-electron chi connectivity index (χ4n) is 2.66. The van der Waals surface area contributed by atoms with E-state index in [0.717, 1.165) is 0 Å². The van der Waals surface area contributed by atoms with E-state index in [1.54, 1.807) is 19.2 Å². The average Bonchev–Trinajstić information content (AvgIpc) is 3.06. The van der Waals surface area contributed by atoms with Gasteiger partial charge in [-0.05, 0) is 26.0 Å². The minimum Gasteiger partial charge on any atom is -0.408 e. The van der Waals surface area contributed by atoms with Crippen LogP contribution in [0.4, 0.5) is 5.69 Å². The van der Waals surface area contributed by atoms with Crippen LogP contribution in [-0.4, -0.2) is 30.6 Å². The molecule has 0 aliphatic rings. The van der Waals surface area contributed by atoms with Crippen LogP contribution < -0.4 is 15.8 Å². The number of carbonyl (C=O) groups is 1. The Kier molecular flexibility index (Phi) is 4.89. The number of oxazole rings is 1. The summed E-state index contributed by atoms with van der Waals surface area (Å²) in [6, 6.07) is 4.81. The second-order valence-electron chi connectivity index (χ2n) is 5.96. The van der Waals surface area contributed by atoms with Crippen molar-refractivity contribution in [2.75, 3.05) is 11.9 Å². The molecule has 0 radical (unpaired) electrons. The van der Waals surface area contributed by atoms with Gasteiger partial charge in [0.15, 0.2) is 11.3 Å². The molecule has 2 aromatic heterocycles. The summed E-state index contributed by atoms with van der Waals surface area (Å²) in [6.07, 6.45) is -0.0839. The molecule has 3 aromatic rings. The Morgan fingerprint density at radius 1 is 1.30 bits per heavy atom. The van der Waals surface area contributed by atoms with Gasteiger partial charge in [0, 0.05) is 31.8 Å². The summed E-state index contributed by atoms with van der Waals surface area (Å²) in [7, 11) is -2.24. The molecule has 2 heterocycles. The molecule has 0 bridgehead atoms. The number of nitrogens with one attached hydrogen (secondary N) is 2. The van der Waals surface area contributed by atoms with Crippen molar-refractivity contribution < 1.29 is 22.2 Å². The van der Waals surface area contributed by atoms with Gasteiger partial charge >= 0.3 is 5.76 Å². The number of anilines is 1. The van der Waals surface area contributed by atoms with E-state index in [4.69, 9.17) is 8.94 Å². The number of amides is 1. The van der Waals surface area contributed by atoms with Crippen molar-refractivity contribution in [3.05, 3.63) is 40.2 Å². The zero-order valence-corrected chi connectivity index (χ0v) is 15.7. The Morgan fingerprint density at radius 3 is 2.70 bits per heavy atom. The molecule has 0 spiro atoms. The van der Waals surface area contributed by atoms with Crippen LogP contribution in [0, 0.1) is 13.8 Å². The molecular weight excluding hydrogens is 376 g/mol. The predicted octanol–water partition coefficient (Wildman–Crippen LogP) is 1.04. The van der Waals surface area contributed by atoms with Crippen molar-refractivity contribution >= 4 is 32.7 Å². The van der Waals surface area contributed by atoms with Crippen molar-refractivity contribution in [2.45, 2.75) is 25.2 Å². The summed E-state index contributed by atoms with van der Waals surface area (Å²) in [4.78, 5) is 23.5. The molecule has 0 aliphatic carbocycles. The second kappa shape index (κ2) is 7.00. The van der Waals surface area contributed by atoms with E-state index in [0.29, 0.717) is 16.8 Å². The third kappa shape index (κ3) is 3.78. The highest BCUT2D eigenvalue weighted by atomic mass is 32.2. The summed E-state index contributed by atoms with van der Waals surface area (Å²) in [5.74, 6) is -0.710. The average molecular weight is 394 g/mol. The summed E-state index contributed by atoms with van der Waals surface area (Å²) >= 11 is 0. The van der Waals surface area contributed by atoms with E-state index in [2.05, 4.69) is 15.2 Å². The Bertz CT molecular complexity index is 1150. The van der Waals surface area contributed by atoms with Gasteiger partial charge < -0.3 is 14.3 Å². The van der Waals surface area contributed by atoms with Gasteiger partial charge in [0.25, 0.3) is 0 Å². The maximum Gasteiger partial charge on any atom is 0.419 e. The molecule has 0 unspecified atom stereocenters. The number of sulfonamides is 1. The van der Waals surface area contributed by atoms with Crippen LogP contribution in [0.25, 0.3) is 11.1 Å². The SMILES string of the molecule is Cc1noc(C)c1S(=O)(=O)NCCC(=O)Nc1ccc2c(c1)oc(=O)n2C. The van der Waals surface area contributed by atoms with E-state index < -0.39 is 21.7 Å². The predicted molar refractivity (Wildman–Crippen MR) is 95.9 cm³/mol. The maximum atomic E-state index is 12.3. The van der Waals surface area contributed by atoms with Gasteiger partial charge in [-0.1, -0.05) is 5.16 Å². The highest BCUT2D eigenvalue weighted by Crippen LogP contribution is 2.19. The van der Waals surface area contributed by atoms with Crippen molar-refractivity contribution in [3.8, 4) is 0 Å². The normalized spacial score (nSPS) is 11.8. The first-order valence-corrected chi connectivity index (χ1v) is 9.49. The van der Waals surface area contributed by atoms with Crippen LogP contribution in [-0.2, 0) is 21.9 Å². The third-order valence-electron chi connectivity index (χ3n) is 3.96. The van der Waals surface area contributed by atoms with Gasteiger partial charge in [-0.25, -0.2) is 17.9 Å². The first-order chi connectivity index (χ1) is 12.7. The fourth-order valence-corrected chi connectivity index (χ4v) is 4.02. The largest absolute Gasteiger partial charge is 0.419 e. The molecule has 10 nitrogen and oxygen atoms in total. The molecule has 1 amide bonds. The number of fused-ring (bicyclic) bond motifs is 1.